The fourth-order valence-electron chi connectivity index (χ4n) is 2.50. The number of hydrogen-bond donors (Lipinski definition) is 2. The molecule has 2 rings (SSSR count). The van der Waals surface area contributed by atoms with Gasteiger partial charge in [-0.3, -0.25) is 0 Å². The van der Waals surface area contributed by atoms with E-state index in [1.165, 1.54) is 17.4 Å². The lowest BCUT2D eigenvalue weighted by Crippen LogP contribution is -2.61. The van der Waals surface area contributed by atoms with E-state index in [1.807, 2.05) is 20.8 Å². The molecule has 1 aliphatic carbocycles. The second-order valence-electron chi connectivity index (χ2n) is 5.54. The molecule has 0 radical (unpaired) electrons. The third kappa shape index (κ3) is 2.78. The number of aliphatic hydroxyl groups is 1. The Morgan fingerprint density at radius 3 is 2.80 bits per heavy atom. The van der Waals surface area contributed by atoms with Gasteiger partial charge in [-0.2, -0.15) is 0 Å². The molecule has 0 aromatic carbocycles. The zero-order chi connectivity index (χ0) is 15.0. The van der Waals surface area contributed by atoms with E-state index in [0.717, 1.165) is 0 Å². The number of hydrogen-bond acceptors (Lipinski definition) is 5. The summed E-state index contributed by atoms with van der Waals surface area (Å²) < 4.78 is 33.1. The van der Waals surface area contributed by atoms with Crippen LogP contribution in [0.3, 0.4) is 0 Å². The Kier molecular flexibility index (Phi) is 4.56. The first-order valence-corrected chi connectivity index (χ1v) is 9.00. The fraction of sp³-hybridized carbons (Fsp3) is 0.692. The number of aliphatic hydroxyl groups excluding tert-OH is 1. The van der Waals surface area contributed by atoms with E-state index in [4.69, 9.17) is 4.74 Å². The molecule has 1 heterocycles. The summed E-state index contributed by atoms with van der Waals surface area (Å²) in [7, 11) is -3.58. The fourth-order valence-corrected chi connectivity index (χ4v) is 5.20. The Balaban J connectivity index is 2.11. The van der Waals surface area contributed by atoms with Gasteiger partial charge in [-0.1, -0.05) is 13.8 Å². The van der Waals surface area contributed by atoms with E-state index < -0.39 is 10.0 Å². The van der Waals surface area contributed by atoms with E-state index in [0.29, 0.717) is 17.9 Å². The Labute approximate surface area is 124 Å². The van der Waals surface area contributed by atoms with Crippen LogP contribution in [0.2, 0.25) is 0 Å². The van der Waals surface area contributed by atoms with Crippen molar-refractivity contribution in [2.75, 3.05) is 6.61 Å². The first-order chi connectivity index (χ1) is 9.32. The van der Waals surface area contributed by atoms with Gasteiger partial charge in [0.2, 0.25) is 10.0 Å². The molecule has 0 spiro atoms. The van der Waals surface area contributed by atoms with Crippen molar-refractivity contribution in [2.24, 2.45) is 5.41 Å². The Hall–Kier alpha value is -0.470. The Morgan fingerprint density at radius 1 is 1.55 bits per heavy atom. The molecular weight excluding hydrogens is 298 g/mol. The molecule has 1 fully saturated rings. The number of thiophene rings is 1. The summed E-state index contributed by atoms with van der Waals surface area (Å²) in [4.78, 5) is 0.650. The SMILES string of the molecule is CCOC1CC(NS(=O)(=O)c2ccsc2CO)C1(C)C. The molecule has 2 N–H and O–H groups in total. The Bertz CT molecular complexity index is 565. The van der Waals surface area contributed by atoms with Crippen LogP contribution in [-0.4, -0.2) is 32.3 Å². The molecule has 1 aromatic rings. The maximum Gasteiger partial charge on any atom is 0.242 e. The molecule has 1 aliphatic rings. The van der Waals surface area contributed by atoms with Gasteiger partial charge in [0, 0.05) is 22.9 Å². The van der Waals surface area contributed by atoms with Gasteiger partial charge in [-0.05, 0) is 24.8 Å². The average Bonchev–Trinajstić information content (AvgIpc) is 2.86. The van der Waals surface area contributed by atoms with Crippen molar-refractivity contribution in [3.05, 3.63) is 16.3 Å². The second-order valence-corrected chi connectivity index (χ2v) is 8.22. The third-order valence-corrected chi connectivity index (χ3v) is 6.57. The summed E-state index contributed by atoms with van der Waals surface area (Å²) >= 11 is 1.24. The van der Waals surface area contributed by atoms with Gasteiger partial charge in [0.1, 0.15) is 0 Å². The largest absolute Gasteiger partial charge is 0.391 e. The van der Waals surface area contributed by atoms with Crippen LogP contribution in [0, 0.1) is 5.41 Å². The van der Waals surface area contributed by atoms with Crippen molar-refractivity contribution in [1.82, 2.24) is 4.72 Å². The van der Waals surface area contributed by atoms with Crippen LogP contribution in [0.15, 0.2) is 16.3 Å². The van der Waals surface area contributed by atoms with Gasteiger partial charge in [0.25, 0.3) is 0 Å². The van der Waals surface area contributed by atoms with Crippen molar-refractivity contribution in [3.8, 4) is 0 Å². The average molecular weight is 319 g/mol. The molecule has 5 nitrogen and oxygen atoms in total. The van der Waals surface area contributed by atoms with E-state index in [-0.39, 0.29) is 29.1 Å². The van der Waals surface area contributed by atoms with Crippen LogP contribution in [-0.2, 0) is 21.4 Å². The predicted octanol–water partition coefficient (Wildman–Crippen LogP) is 1.72. The molecule has 0 bridgehead atoms. The van der Waals surface area contributed by atoms with Crippen LogP contribution in [0.4, 0.5) is 0 Å². The number of sulfonamides is 1. The van der Waals surface area contributed by atoms with E-state index in [2.05, 4.69) is 4.72 Å². The summed E-state index contributed by atoms with van der Waals surface area (Å²) in [5.41, 5.74) is -0.224. The highest BCUT2D eigenvalue weighted by molar-refractivity contribution is 7.89. The standard InChI is InChI=1S/C13H21NO4S2/c1-4-18-12-7-11(13(12,2)3)14-20(16,17)10-5-6-19-9(10)8-15/h5-6,11-12,14-15H,4,7-8H2,1-3H3. The monoisotopic (exact) mass is 319 g/mol. The zero-order valence-electron chi connectivity index (χ0n) is 11.9. The highest BCUT2D eigenvalue weighted by Gasteiger charge is 2.50. The first-order valence-electron chi connectivity index (χ1n) is 6.64. The van der Waals surface area contributed by atoms with Crippen molar-refractivity contribution < 1.29 is 18.3 Å². The maximum atomic E-state index is 12.4. The summed E-state index contributed by atoms with van der Waals surface area (Å²) in [5.74, 6) is 0. The topological polar surface area (TPSA) is 75.6 Å². The summed E-state index contributed by atoms with van der Waals surface area (Å²) in [6, 6.07) is 1.39. The molecule has 2 atom stereocenters. The molecule has 20 heavy (non-hydrogen) atoms. The zero-order valence-corrected chi connectivity index (χ0v) is 13.6. The van der Waals surface area contributed by atoms with Gasteiger partial charge >= 0.3 is 0 Å². The highest BCUT2D eigenvalue weighted by atomic mass is 32.2. The summed E-state index contributed by atoms with van der Waals surface area (Å²) in [5, 5.41) is 10.9. The molecular formula is C13H21NO4S2. The number of nitrogens with one attached hydrogen (secondary N) is 1. The molecule has 0 amide bonds. The summed E-state index contributed by atoms with van der Waals surface area (Å²) in [6.07, 6.45) is 0.763. The number of ether oxygens (including phenoxy) is 1. The van der Waals surface area contributed by atoms with Gasteiger partial charge in [-0.15, -0.1) is 11.3 Å². The van der Waals surface area contributed by atoms with Gasteiger partial charge in [0.15, 0.2) is 0 Å². The lowest BCUT2D eigenvalue weighted by molar-refractivity contribution is -0.108. The smallest absolute Gasteiger partial charge is 0.242 e. The van der Waals surface area contributed by atoms with E-state index >= 15 is 0 Å². The molecule has 7 heteroatoms. The van der Waals surface area contributed by atoms with E-state index in [9.17, 15) is 13.5 Å². The predicted molar refractivity (Wildman–Crippen MR) is 78.2 cm³/mol. The van der Waals surface area contributed by atoms with Crippen LogP contribution < -0.4 is 4.72 Å². The quantitative estimate of drug-likeness (QED) is 0.837. The van der Waals surface area contributed by atoms with Gasteiger partial charge in [0.05, 0.1) is 17.6 Å². The maximum absolute atomic E-state index is 12.4. The van der Waals surface area contributed by atoms with Crippen LogP contribution >= 0.6 is 11.3 Å². The minimum atomic E-state index is -3.58. The van der Waals surface area contributed by atoms with Crippen LogP contribution in [0.25, 0.3) is 0 Å². The molecule has 0 saturated heterocycles. The number of rotatable bonds is 6. The van der Waals surface area contributed by atoms with E-state index in [1.54, 1.807) is 5.38 Å². The molecule has 2 unspecified atom stereocenters. The van der Waals surface area contributed by atoms with Crippen molar-refractivity contribution >= 4 is 21.4 Å². The lowest BCUT2D eigenvalue weighted by atomic mass is 9.65. The van der Waals surface area contributed by atoms with Crippen molar-refractivity contribution in [2.45, 2.75) is 50.8 Å². The third-order valence-electron chi connectivity index (χ3n) is 3.98. The highest BCUT2D eigenvalue weighted by Crippen LogP contribution is 2.43. The molecule has 114 valence electrons. The van der Waals surface area contributed by atoms with Gasteiger partial charge in [-0.25, -0.2) is 13.1 Å². The first kappa shape index (κ1) is 15.9. The van der Waals surface area contributed by atoms with Gasteiger partial charge < -0.3 is 9.84 Å². The normalized spacial score (nSPS) is 25.4. The molecule has 0 aliphatic heterocycles. The molecule has 1 saturated carbocycles. The van der Waals surface area contributed by atoms with Crippen molar-refractivity contribution in [3.63, 3.8) is 0 Å². The lowest BCUT2D eigenvalue weighted by Gasteiger charge is -2.51. The minimum Gasteiger partial charge on any atom is -0.391 e. The minimum absolute atomic E-state index is 0.0833. The van der Waals surface area contributed by atoms with Crippen molar-refractivity contribution in [1.29, 1.82) is 0 Å². The van der Waals surface area contributed by atoms with Crippen LogP contribution in [0.5, 0.6) is 0 Å². The molecule has 1 aromatic heterocycles. The second kappa shape index (κ2) is 5.73. The Morgan fingerprint density at radius 2 is 2.25 bits per heavy atom. The van der Waals surface area contributed by atoms with Crippen LogP contribution in [0.1, 0.15) is 32.1 Å². The summed E-state index contributed by atoms with van der Waals surface area (Å²) in [6.45, 7) is 6.32.